The Morgan fingerprint density at radius 3 is 2.41 bits per heavy atom. The van der Waals surface area contributed by atoms with E-state index in [2.05, 4.69) is 25.8 Å². The molecule has 0 radical (unpaired) electrons. The number of furan rings is 1. The molecule has 0 bridgehead atoms. The van der Waals surface area contributed by atoms with Gasteiger partial charge in [0.2, 0.25) is 0 Å². The first-order valence-electron chi connectivity index (χ1n) is 8.84. The first-order chi connectivity index (χ1) is 14.1. The molecule has 0 atom stereocenters. The van der Waals surface area contributed by atoms with Crippen LogP contribution < -0.4 is 10.6 Å². The summed E-state index contributed by atoms with van der Waals surface area (Å²) in [5.74, 6) is 0.851. The second-order valence-corrected chi connectivity index (χ2v) is 6.29. The summed E-state index contributed by atoms with van der Waals surface area (Å²) in [5.41, 5.74) is 2.39. The minimum atomic E-state index is -0.384. The van der Waals surface area contributed by atoms with Gasteiger partial charge in [-0.3, -0.25) is 14.7 Å². The lowest BCUT2D eigenvalue weighted by Crippen LogP contribution is -2.14. The smallest absolute Gasteiger partial charge is 0.291 e. The molecule has 144 valence electrons. The minimum absolute atomic E-state index is 0.196. The van der Waals surface area contributed by atoms with Gasteiger partial charge < -0.3 is 15.1 Å². The van der Waals surface area contributed by atoms with Crippen molar-refractivity contribution in [2.45, 2.75) is 6.92 Å². The van der Waals surface area contributed by atoms with E-state index in [1.807, 2.05) is 19.1 Å². The van der Waals surface area contributed by atoms with Gasteiger partial charge in [-0.25, -0.2) is 4.98 Å². The summed E-state index contributed by atoms with van der Waals surface area (Å²) in [5, 5.41) is 12.4. The van der Waals surface area contributed by atoms with E-state index >= 15 is 0 Å². The number of aromatic nitrogens is 3. The molecular formula is C21H17N5O3. The quantitative estimate of drug-likeness (QED) is 0.481. The predicted molar refractivity (Wildman–Crippen MR) is 108 cm³/mol. The molecule has 0 aliphatic heterocycles. The molecule has 2 aromatic carbocycles. The highest BCUT2D eigenvalue weighted by molar-refractivity contribution is 6.06. The summed E-state index contributed by atoms with van der Waals surface area (Å²) in [7, 11) is 0. The van der Waals surface area contributed by atoms with Crippen molar-refractivity contribution in [3.05, 3.63) is 84.1 Å². The van der Waals surface area contributed by atoms with Gasteiger partial charge in [-0.2, -0.15) is 5.10 Å². The Hall–Kier alpha value is -4.20. The number of nitrogens with one attached hydrogen (secondary N) is 3. The average molecular weight is 387 g/mol. The Bertz CT molecular complexity index is 1150. The van der Waals surface area contributed by atoms with E-state index in [0.717, 1.165) is 11.4 Å². The Morgan fingerprint density at radius 1 is 0.931 bits per heavy atom. The SMILES string of the molecule is Cc1nc(-c2ccc(NC(=O)c3cccc(NC(=O)c4ccco4)c3)cc2)n[nH]1. The van der Waals surface area contributed by atoms with E-state index in [4.69, 9.17) is 4.42 Å². The molecule has 3 N–H and O–H groups in total. The molecule has 0 aliphatic carbocycles. The van der Waals surface area contributed by atoms with Crippen molar-refractivity contribution in [3.8, 4) is 11.4 Å². The number of carbonyl (C=O) groups is 2. The molecule has 2 heterocycles. The zero-order valence-electron chi connectivity index (χ0n) is 15.5. The van der Waals surface area contributed by atoms with Gasteiger partial charge >= 0.3 is 0 Å². The molecule has 0 aliphatic rings. The summed E-state index contributed by atoms with van der Waals surface area (Å²) < 4.78 is 5.06. The van der Waals surface area contributed by atoms with Crippen LogP contribution in [0.2, 0.25) is 0 Å². The number of aryl methyl sites for hydroxylation is 1. The Balaban J connectivity index is 1.44. The predicted octanol–water partition coefficient (Wildman–Crippen LogP) is 3.88. The van der Waals surface area contributed by atoms with Gasteiger partial charge in [0.1, 0.15) is 5.82 Å². The molecule has 2 aromatic heterocycles. The second-order valence-electron chi connectivity index (χ2n) is 6.29. The maximum Gasteiger partial charge on any atom is 0.291 e. The van der Waals surface area contributed by atoms with Crippen LogP contribution in [-0.2, 0) is 0 Å². The summed E-state index contributed by atoms with van der Waals surface area (Å²) >= 11 is 0. The van der Waals surface area contributed by atoms with E-state index in [-0.39, 0.29) is 17.6 Å². The van der Waals surface area contributed by atoms with E-state index in [9.17, 15) is 9.59 Å². The van der Waals surface area contributed by atoms with Crippen LogP contribution >= 0.6 is 0 Å². The number of benzene rings is 2. The van der Waals surface area contributed by atoms with Crippen LogP contribution in [0.15, 0.2) is 71.3 Å². The summed E-state index contributed by atoms with van der Waals surface area (Å²) in [6, 6.07) is 17.1. The van der Waals surface area contributed by atoms with Gasteiger partial charge in [-0.05, 0) is 61.5 Å². The van der Waals surface area contributed by atoms with E-state index in [1.54, 1.807) is 48.5 Å². The number of anilines is 2. The van der Waals surface area contributed by atoms with Crippen molar-refractivity contribution in [2.75, 3.05) is 10.6 Å². The average Bonchev–Trinajstić information content (AvgIpc) is 3.41. The number of aromatic amines is 1. The van der Waals surface area contributed by atoms with E-state index in [1.165, 1.54) is 6.26 Å². The van der Waals surface area contributed by atoms with Crippen molar-refractivity contribution in [3.63, 3.8) is 0 Å². The summed E-state index contributed by atoms with van der Waals surface area (Å²) in [6.45, 7) is 1.83. The molecular weight excluding hydrogens is 370 g/mol. The van der Waals surface area contributed by atoms with Gasteiger partial charge in [0.15, 0.2) is 11.6 Å². The monoisotopic (exact) mass is 387 g/mol. The Kier molecular flexibility index (Phi) is 4.90. The van der Waals surface area contributed by atoms with E-state index in [0.29, 0.717) is 22.8 Å². The van der Waals surface area contributed by atoms with Crippen molar-refractivity contribution < 1.29 is 14.0 Å². The van der Waals surface area contributed by atoms with Crippen molar-refractivity contribution in [1.82, 2.24) is 15.2 Å². The molecule has 0 spiro atoms. The fourth-order valence-corrected chi connectivity index (χ4v) is 2.72. The highest BCUT2D eigenvalue weighted by Gasteiger charge is 2.11. The lowest BCUT2D eigenvalue weighted by Gasteiger charge is -2.08. The minimum Gasteiger partial charge on any atom is -0.459 e. The van der Waals surface area contributed by atoms with E-state index < -0.39 is 0 Å². The van der Waals surface area contributed by atoms with Crippen LogP contribution in [0.1, 0.15) is 26.7 Å². The summed E-state index contributed by atoms with van der Waals surface area (Å²) in [6.07, 6.45) is 1.42. The maximum absolute atomic E-state index is 12.6. The topological polar surface area (TPSA) is 113 Å². The number of H-pyrrole nitrogens is 1. The third kappa shape index (κ3) is 4.22. The first kappa shape index (κ1) is 18.2. The van der Waals surface area contributed by atoms with Crippen LogP contribution in [0.4, 0.5) is 11.4 Å². The van der Waals surface area contributed by atoms with Gasteiger partial charge in [0.25, 0.3) is 11.8 Å². The molecule has 8 heteroatoms. The number of amides is 2. The second kappa shape index (κ2) is 7.81. The fourth-order valence-electron chi connectivity index (χ4n) is 2.72. The molecule has 4 rings (SSSR count). The number of rotatable bonds is 5. The molecule has 8 nitrogen and oxygen atoms in total. The lowest BCUT2D eigenvalue weighted by atomic mass is 10.1. The van der Waals surface area contributed by atoms with Crippen molar-refractivity contribution >= 4 is 23.2 Å². The van der Waals surface area contributed by atoms with Crippen molar-refractivity contribution in [1.29, 1.82) is 0 Å². The van der Waals surface area contributed by atoms with Gasteiger partial charge in [-0.15, -0.1) is 0 Å². The number of hydrogen-bond donors (Lipinski definition) is 3. The van der Waals surface area contributed by atoms with Crippen LogP contribution in [0.5, 0.6) is 0 Å². The Labute approximate surface area is 166 Å². The zero-order chi connectivity index (χ0) is 20.2. The lowest BCUT2D eigenvalue weighted by molar-refractivity contribution is 0.0993. The first-order valence-corrected chi connectivity index (χ1v) is 8.84. The Morgan fingerprint density at radius 2 is 1.72 bits per heavy atom. The van der Waals surface area contributed by atoms with Gasteiger partial charge in [0.05, 0.1) is 6.26 Å². The zero-order valence-corrected chi connectivity index (χ0v) is 15.5. The van der Waals surface area contributed by atoms with Crippen LogP contribution in [-0.4, -0.2) is 27.0 Å². The molecule has 2 amide bonds. The van der Waals surface area contributed by atoms with Crippen LogP contribution in [0, 0.1) is 6.92 Å². The highest BCUT2D eigenvalue weighted by atomic mass is 16.3. The molecule has 0 saturated carbocycles. The largest absolute Gasteiger partial charge is 0.459 e. The maximum atomic E-state index is 12.6. The normalized spacial score (nSPS) is 10.5. The number of nitrogens with zero attached hydrogens (tertiary/aromatic N) is 2. The van der Waals surface area contributed by atoms with Crippen LogP contribution in [0.3, 0.4) is 0 Å². The summed E-state index contributed by atoms with van der Waals surface area (Å²) in [4.78, 5) is 28.9. The molecule has 0 fully saturated rings. The molecule has 0 saturated heterocycles. The third-order valence-electron chi connectivity index (χ3n) is 4.13. The molecule has 0 unspecified atom stereocenters. The standard InChI is InChI=1S/C21H17N5O3/c1-13-22-19(26-25-13)14-7-9-16(10-8-14)23-20(27)15-4-2-5-17(12-15)24-21(28)18-6-3-11-29-18/h2-12H,1H3,(H,23,27)(H,24,28)(H,22,25,26). The third-order valence-corrected chi connectivity index (χ3v) is 4.13. The van der Waals surface area contributed by atoms with Gasteiger partial charge in [0, 0.05) is 22.5 Å². The molecule has 29 heavy (non-hydrogen) atoms. The molecule has 4 aromatic rings. The van der Waals surface area contributed by atoms with Crippen LogP contribution in [0.25, 0.3) is 11.4 Å². The van der Waals surface area contributed by atoms with Gasteiger partial charge in [-0.1, -0.05) is 6.07 Å². The number of carbonyl (C=O) groups excluding carboxylic acids is 2. The fraction of sp³-hybridized carbons (Fsp3) is 0.0476. The highest BCUT2D eigenvalue weighted by Crippen LogP contribution is 2.19. The van der Waals surface area contributed by atoms with Crippen molar-refractivity contribution in [2.24, 2.45) is 0 Å². The number of hydrogen-bond acceptors (Lipinski definition) is 5.